The molecule has 0 radical (unpaired) electrons. The minimum atomic E-state index is -0.576. The number of hydrogen-bond acceptors (Lipinski definition) is 4. The van der Waals surface area contributed by atoms with Gasteiger partial charge in [-0.3, -0.25) is 0 Å². The lowest BCUT2D eigenvalue weighted by Crippen LogP contribution is -2.11. The first-order valence-electron chi connectivity index (χ1n) is 7.76. The van der Waals surface area contributed by atoms with Gasteiger partial charge in [0.25, 0.3) is 0 Å². The summed E-state index contributed by atoms with van der Waals surface area (Å²) in [5.41, 5.74) is 9.51. The van der Waals surface area contributed by atoms with Gasteiger partial charge in [0.05, 0.1) is 18.4 Å². The molecule has 0 aliphatic heterocycles. The Balaban J connectivity index is 2.04. The third kappa shape index (κ3) is 3.24. The van der Waals surface area contributed by atoms with Gasteiger partial charge in [0, 0.05) is 11.9 Å². The van der Waals surface area contributed by atoms with Crippen molar-refractivity contribution in [2.45, 2.75) is 6.42 Å². The van der Waals surface area contributed by atoms with Crippen LogP contribution in [-0.2, 0) is 11.2 Å². The van der Waals surface area contributed by atoms with Crippen LogP contribution in [0.2, 0.25) is 0 Å². The minimum absolute atomic E-state index is 0.128. The van der Waals surface area contributed by atoms with E-state index < -0.39 is 5.97 Å². The van der Waals surface area contributed by atoms with Gasteiger partial charge in [-0.25, -0.2) is 4.79 Å². The molecule has 0 aliphatic rings. The predicted molar refractivity (Wildman–Crippen MR) is 95.5 cm³/mol. The van der Waals surface area contributed by atoms with Gasteiger partial charge in [-0.2, -0.15) is 5.26 Å². The predicted octanol–water partition coefficient (Wildman–Crippen LogP) is 3.31. The maximum absolute atomic E-state index is 12.1. The number of hydrogen-bond donors (Lipinski definition) is 1. The fourth-order valence-corrected chi connectivity index (χ4v) is 2.77. The molecular weight excluding hydrogens is 314 g/mol. The van der Waals surface area contributed by atoms with Crippen LogP contribution < -0.4 is 5.73 Å². The molecule has 124 valence electrons. The van der Waals surface area contributed by atoms with Crippen molar-refractivity contribution in [2.75, 3.05) is 12.8 Å². The van der Waals surface area contributed by atoms with Crippen molar-refractivity contribution < 1.29 is 9.53 Å². The Morgan fingerprint density at radius 3 is 2.56 bits per heavy atom. The highest BCUT2D eigenvalue weighted by atomic mass is 16.5. The average Bonchev–Trinajstić information content (AvgIpc) is 2.98. The number of nitrogens with two attached hydrogens (primary N) is 1. The second-order valence-corrected chi connectivity index (χ2v) is 5.61. The smallest absolute Gasteiger partial charge is 0.357 e. The highest BCUT2D eigenvalue weighted by Crippen LogP contribution is 2.25. The van der Waals surface area contributed by atoms with E-state index >= 15 is 0 Å². The van der Waals surface area contributed by atoms with E-state index in [4.69, 9.17) is 10.5 Å². The second kappa shape index (κ2) is 6.93. The van der Waals surface area contributed by atoms with E-state index in [-0.39, 0.29) is 16.9 Å². The lowest BCUT2D eigenvalue weighted by Gasteiger charge is -2.10. The normalized spacial score (nSPS) is 10.2. The third-order valence-corrected chi connectivity index (χ3v) is 3.98. The van der Waals surface area contributed by atoms with Crippen molar-refractivity contribution in [2.24, 2.45) is 0 Å². The summed E-state index contributed by atoms with van der Waals surface area (Å²) in [5, 5.41) is 9.21. The van der Waals surface area contributed by atoms with E-state index in [1.54, 1.807) is 10.8 Å². The van der Waals surface area contributed by atoms with E-state index in [0.717, 1.165) is 17.7 Å². The van der Waals surface area contributed by atoms with Crippen LogP contribution >= 0.6 is 0 Å². The van der Waals surface area contributed by atoms with Crippen molar-refractivity contribution in [1.29, 1.82) is 5.26 Å². The number of benzene rings is 2. The molecule has 25 heavy (non-hydrogen) atoms. The molecule has 0 saturated carbocycles. The molecule has 0 spiro atoms. The topological polar surface area (TPSA) is 81.0 Å². The molecule has 1 heterocycles. The van der Waals surface area contributed by atoms with Crippen molar-refractivity contribution in [3.05, 3.63) is 83.2 Å². The highest BCUT2D eigenvalue weighted by molar-refractivity contribution is 5.95. The molecule has 0 fully saturated rings. The van der Waals surface area contributed by atoms with Gasteiger partial charge in [-0.1, -0.05) is 42.5 Å². The second-order valence-electron chi connectivity index (χ2n) is 5.61. The summed E-state index contributed by atoms with van der Waals surface area (Å²) in [7, 11) is 1.29. The zero-order valence-electron chi connectivity index (χ0n) is 13.8. The molecule has 0 atom stereocenters. The van der Waals surface area contributed by atoms with Crippen LogP contribution in [0.3, 0.4) is 0 Å². The number of nitrogens with zero attached hydrogens (tertiary/aromatic N) is 2. The molecule has 2 aromatic carbocycles. The summed E-state index contributed by atoms with van der Waals surface area (Å²) in [5.74, 6) is -0.576. The fraction of sp³-hybridized carbons (Fsp3) is 0.100. The van der Waals surface area contributed by atoms with Gasteiger partial charge in [0.1, 0.15) is 6.07 Å². The molecule has 0 unspecified atom stereocenters. The molecule has 1 aromatic heterocycles. The van der Waals surface area contributed by atoms with Crippen LogP contribution in [0.5, 0.6) is 0 Å². The maximum Gasteiger partial charge on any atom is 0.357 e. The largest absolute Gasteiger partial charge is 0.464 e. The average molecular weight is 331 g/mol. The number of rotatable bonds is 4. The summed E-state index contributed by atoms with van der Waals surface area (Å²) in [6.45, 7) is 0. The molecule has 3 aromatic rings. The number of anilines is 1. The van der Waals surface area contributed by atoms with Crippen LogP contribution in [-0.4, -0.2) is 17.6 Å². The Bertz CT molecular complexity index is 953. The van der Waals surface area contributed by atoms with Crippen molar-refractivity contribution in [1.82, 2.24) is 4.57 Å². The molecule has 0 aliphatic carbocycles. The van der Waals surface area contributed by atoms with Gasteiger partial charge >= 0.3 is 5.97 Å². The number of nitrogen functional groups attached to an aromatic ring is 1. The van der Waals surface area contributed by atoms with E-state index in [1.807, 2.05) is 48.5 Å². The summed E-state index contributed by atoms with van der Waals surface area (Å²) in [4.78, 5) is 12.1. The summed E-state index contributed by atoms with van der Waals surface area (Å²) >= 11 is 0. The van der Waals surface area contributed by atoms with Crippen molar-refractivity contribution in [3.8, 4) is 11.8 Å². The summed E-state index contributed by atoms with van der Waals surface area (Å²) in [6, 6.07) is 19.9. The molecule has 0 saturated heterocycles. The Morgan fingerprint density at radius 2 is 1.88 bits per heavy atom. The van der Waals surface area contributed by atoms with E-state index in [1.165, 1.54) is 12.7 Å². The Morgan fingerprint density at radius 1 is 1.16 bits per heavy atom. The number of nitriles is 1. The van der Waals surface area contributed by atoms with E-state index in [2.05, 4.69) is 12.1 Å². The SMILES string of the molecule is COC(=O)c1c(N)c(C#N)cn1-c1cccc(Cc2ccccc2)c1. The van der Waals surface area contributed by atoms with Crippen molar-refractivity contribution >= 4 is 11.7 Å². The highest BCUT2D eigenvalue weighted by Gasteiger charge is 2.21. The van der Waals surface area contributed by atoms with Crippen LogP contribution in [0.15, 0.2) is 60.8 Å². The lowest BCUT2D eigenvalue weighted by molar-refractivity contribution is 0.0593. The van der Waals surface area contributed by atoms with E-state index in [9.17, 15) is 10.1 Å². The molecule has 3 rings (SSSR count). The lowest BCUT2D eigenvalue weighted by atomic mass is 10.0. The van der Waals surface area contributed by atoms with Crippen LogP contribution in [0.4, 0.5) is 5.69 Å². The Kier molecular flexibility index (Phi) is 4.53. The van der Waals surface area contributed by atoms with Gasteiger partial charge in [-0.15, -0.1) is 0 Å². The first-order valence-corrected chi connectivity index (χ1v) is 7.76. The number of carbonyl (C=O) groups excluding carboxylic acids is 1. The molecule has 0 bridgehead atoms. The van der Waals surface area contributed by atoms with Crippen LogP contribution in [0.25, 0.3) is 5.69 Å². The number of ether oxygens (including phenoxy) is 1. The quantitative estimate of drug-likeness (QED) is 0.744. The number of methoxy groups -OCH3 is 1. The number of aromatic nitrogens is 1. The zero-order valence-corrected chi connectivity index (χ0v) is 13.8. The van der Waals surface area contributed by atoms with Gasteiger partial charge in [0.15, 0.2) is 5.69 Å². The molecule has 0 amide bonds. The molecule has 5 nitrogen and oxygen atoms in total. The van der Waals surface area contributed by atoms with Crippen LogP contribution in [0.1, 0.15) is 27.2 Å². The monoisotopic (exact) mass is 331 g/mol. The first-order chi connectivity index (χ1) is 12.1. The fourth-order valence-electron chi connectivity index (χ4n) is 2.77. The third-order valence-electron chi connectivity index (χ3n) is 3.98. The number of carbonyl (C=O) groups is 1. The maximum atomic E-state index is 12.1. The summed E-state index contributed by atoms with van der Waals surface area (Å²) < 4.78 is 6.42. The molecular formula is C20H17N3O2. The first kappa shape index (κ1) is 16.3. The van der Waals surface area contributed by atoms with Crippen molar-refractivity contribution in [3.63, 3.8) is 0 Å². The zero-order chi connectivity index (χ0) is 17.8. The van der Waals surface area contributed by atoms with E-state index in [0.29, 0.717) is 0 Å². The molecule has 2 N–H and O–H groups in total. The van der Waals surface area contributed by atoms with Gasteiger partial charge in [-0.05, 0) is 29.7 Å². The van der Waals surface area contributed by atoms with Gasteiger partial charge in [0.2, 0.25) is 0 Å². The standard InChI is InChI=1S/C20H17N3O2/c1-25-20(24)19-18(22)16(12-21)13-23(19)17-9-5-8-15(11-17)10-14-6-3-2-4-7-14/h2-9,11,13H,10,22H2,1H3. The molecule has 5 heteroatoms. The summed E-state index contributed by atoms with van der Waals surface area (Å²) in [6.07, 6.45) is 2.33. The Labute approximate surface area is 145 Å². The van der Waals surface area contributed by atoms with Crippen LogP contribution in [0, 0.1) is 11.3 Å². The van der Waals surface area contributed by atoms with Gasteiger partial charge < -0.3 is 15.0 Å². The number of esters is 1. The Hall–Kier alpha value is -3.52. The minimum Gasteiger partial charge on any atom is -0.464 e.